The molecule has 0 aromatic heterocycles. The summed E-state index contributed by atoms with van der Waals surface area (Å²) >= 11 is 1.47. The highest BCUT2D eigenvalue weighted by Crippen LogP contribution is 2.30. The lowest BCUT2D eigenvalue weighted by Gasteiger charge is -2.19. The van der Waals surface area contributed by atoms with Gasteiger partial charge in [0.05, 0.1) is 0 Å². The van der Waals surface area contributed by atoms with E-state index in [1.807, 2.05) is 6.07 Å². The summed E-state index contributed by atoms with van der Waals surface area (Å²) < 4.78 is -0.727. The minimum Gasteiger partial charge on any atom is -0.480 e. The van der Waals surface area contributed by atoms with Crippen LogP contribution in [0.1, 0.15) is 30.5 Å². The van der Waals surface area contributed by atoms with Crippen LogP contribution in [0.25, 0.3) is 0 Å². The van der Waals surface area contributed by atoms with Crippen LogP contribution < -0.4 is 0 Å². The number of thioether (sulfide) groups is 1. The van der Waals surface area contributed by atoms with Gasteiger partial charge in [0.2, 0.25) is 0 Å². The molecule has 0 saturated heterocycles. The van der Waals surface area contributed by atoms with Gasteiger partial charge in [-0.2, -0.15) is 0 Å². The van der Waals surface area contributed by atoms with Crippen molar-refractivity contribution in [2.45, 2.75) is 38.2 Å². The van der Waals surface area contributed by atoms with Gasteiger partial charge in [0.25, 0.3) is 0 Å². The monoisotopic (exact) mass is 238 g/mol. The van der Waals surface area contributed by atoms with Crippen LogP contribution in [0.15, 0.2) is 18.2 Å². The predicted octanol–water partition coefficient (Wildman–Crippen LogP) is 3.40. The minimum absolute atomic E-state index is 0.727. The van der Waals surface area contributed by atoms with E-state index in [0.717, 1.165) is 5.75 Å². The molecule has 1 rings (SSSR count). The maximum Gasteiger partial charge on any atom is 0.319 e. The highest BCUT2D eigenvalue weighted by Gasteiger charge is 2.27. The van der Waals surface area contributed by atoms with E-state index in [4.69, 9.17) is 5.11 Å². The fourth-order valence-corrected chi connectivity index (χ4v) is 2.47. The van der Waals surface area contributed by atoms with E-state index in [-0.39, 0.29) is 0 Å². The summed E-state index contributed by atoms with van der Waals surface area (Å²) in [4.78, 5) is 11.0. The third-order valence-electron chi connectivity index (χ3n) is 2.74. The lowest BCUT2D eigenvalue weighted by Crippen LogP contribution is -2.27. The summed E-state index contributed by atoms with van der Waals surface area (Å²) in [7, 11) is 0. The van der Waals surface area contributed by atoms with E-state index in [0.29, 0.717) is 0 Å². The molecular formula is C13H18O2S. The standard InChI is InChI=1S/C13H18O2S/c1-9-6-5-7-10(2)11(9)8-16-13(3,4)12(14)15/h5-7H,8H2,1-4H3,(H,14,15). The molecule has 1 aromatic carbocycles. The second kappa shape index (κ2) is 4.91. The molecule has 88 valence electrons. The first-order chi connectivity index (χ1) is 7.34. The van der Waals surface area contributed by atoms with Crippen molar-refractivity contribution in [1.29, 1.82) is 0 Å². The van der Waals surface area contributed by atoms with Crippen LogP contribution in [0.4, 0.5) is 0 Å². The number of benzene rings is 1. The molecule has 3 heteroatoms. The Morgan fingerprint density at radius 2 is 1.81 bits per heavy atom. The molecule has 0 atom stereocenters. The summed E-state index contributed by atoms with van der Waals surface area (Å²) in [5.41, 5.74) is 3.71. The van der Waals surface area contributed by atoms with Crippen LogP contribution in [-0.2, 0) is 10.5 Å². The Labute approximate surface area is 101 Å². The number of carboxylic acids is 1. The average molecular weight is 238 g/mol. The molecule has 2 nitrogen and oxygen atoms in total. The average Bonchev–Trinajstić information content (AvgIpc) is 2.16. The van der Waals surface area contributed by atoms with Crippen LogP contribution in [0.2, 0.25) is 0 Å². The van der Waals surface area contributed by atoms with Crippen molar-refractivity contribution >= 4 is 17.7 Å². The molecule has 0 radical (unpaired) electrons. The Morgan fingerprint density at radius 3 is 2.25 bits per heavy atom. The Morgan fingerprint density at radius 1 is 1.31 bits per heavy atom. The summed E-state index contributed by atoms with van der Waals surface area (Å²) in [6, 6.07) is 6.16. The van der Waals surface area contributed by atoms with Crippen LogP contribution >= 0.6 is 11.8 Å². The molecule has 1 aromatic rings. The normalized spacial score (nSPS) is 11.5. The Kier molecular flexibility index (Phi) is 4.03. The first-order valence-electron chi connectivity index (χ1n) is 5.27. The second-order valence-corrected chi connectivity index (χ2v) is 6.07. The molecular weight excluding hydrogens is 220 g/mol. The fourth-order valence-electron chi connectivity index (χ4n) is 1.39. The maximum atomic E-state index is 11.0. The van der Waals surface area contributed by atoms with Gasteiger partial charge < -0.3 is 5.11 Å². The molecule has 0 aliphatic heterocycles. The van der Waals surface area contributed by atoms with Crippen molar-refractivity contribution in [3.63, 3.8) is 0 Å². The lowest BCUT2D eigenvalue weighted by molar-refractivity contribution is -0.138. The van der Waals surface area contributed by atoms with Crippen LogP contribution in [0, 0.1) is 13.8 Å². The molecule has 0 saturated carbocycles. The van der Waals surface area contributed by atoms with Crippen LogP contribution in [-0.4, -0.2) is 15.8 Å². The van der Waals surface area contributed by atoms with Gasteiger partial charge in [0.1, 0.15) is 4.75 Å². The van der Waals surface area contributed by atoms with E-state index in [1.165, 1.54) is 28.5 Å². The van der Waals surface area contributed by atoms with Crippen molar-refractivity contribution in [2.24, 2.45) is 0 Å². The number of hydrogen-bond acceptors (Lipinski definition) is 2. The van der Waals surface area contributed by atoms with Gasteiger partial charge >= 0.3 is 5.97 Å². The molecule has 0 heterocycles. The van der Waals surface area contributed by atoms with Gasteiger partial charge in [0, 0.05) is 5.75 Å². The van der Waals surface area contributed by atoms with Gasteiger partial charge in [-0.05, 0) is 44.4 Å². The molecule has 0 amide bonds. The number of aryl methyl sites for hydroxylation is 2. The van der Waals surface area contributed by atoms with E-state index < -0.39 is 10.7 Å². The highest BCUT2D eigenvalue weighted by atomic mass is 32.2. The predicted molar refractivity (Wildman–Crippen MR) is 68.9 cm³/mol. The summed E-state index contributed by atoms with van der Waals surface area (Å²) in [6.07, 6.45) is 0. The zero-order chi connectivity index (χ0) is 12.3. The quantitative estimate of drug-likeness (QED) is 0.873. The Balaban J connectivity index is 2.79. The lowest BCUT2D eigenvalue weighted by atomic mass is 10.1. The van der Waals surface area contributed by atoms with Crippen molar-refractivity contribution < 1.29 is 9.90 Å². The number of rotatable bonds is 4. The van der Waals surface area contributed by atoms with Crippen molar-refractivity contribution in [3.8, 4) is 0 Å². The number of carbonyl (C=O) groups is 1. The van der Waals surface area contributed by atoms with Crippen molar-refractivity contribution in [3.05, 3.63) is 34.9 Å². The summed E-state index contributed by atoms with van der Waals surface area (Å²) in [6.45, 7) is 7.62. The molecule has 0 unspecified atom stereocenters. The summed E-state index contributed by atoms with van der Waals surface area (Å²) in [5, 5.41) is 9.04. The van der Waals surface area contributed by atoms with Crippen LogP contribution in [0.3, 0.4) is 0 Å². The third-order valence-corrected chi connectivity index (χ3v) is 4.07. The highest BCUT2D eigenvalue weighted by molar-refractivity contribution is 8.00. The number of hydrogen-bond donors (Lipinski definition) is 1. The zero-order valence-electron chi connectivity index (χ0n) is 10.2. The first kappa shape index (κ1) is 13.1. The van der Waals surface area contributed by atoms with Gasteiger partial charge in [-0.25, -0.2) is 0 Å². The topological polar surface area (TPSA) is 37.3 Å². The second-order valence-electron chi connectivity index (χ2n) is 4.47. The Hall–Kier alpha value is -0.960. The molecule has 0 spiro atoms. The Bertz CT molecular complexity index is 377. The van der Waals surface area contributed by atoms with Gasteiger partial charge in [0.15, 0.2) is 0 Å². The van der Waals surface area contributed by atoms with E-state index in [2.05, 4.69) is 26.0 Å². The maximum absolute atomic E-state index is 11.0. The van der Waals surface area contributed by atoms with Crippen LogP contribution in [0.5, 0.6) is 0 Å². The van der Waals surface area contributed by atoms with Gasteiger partial charge in [-0.3, -0.25) is 4.79 Å². The van der Waals surface area contributed by atoms with Gasteiger partial charge in [-0.15, -0.1) is 11.8 Å². The molecule has 0 aliphatic rings. The molecule has 0 aliphatic carbocycles. The van der Waals surface area contributed by atoms with E-state index in [1.54, 1.807) is 13.8 Å². The molecule has 1 N–H and O–H groups in total. The minimum atomic E-state index is -0.760. The third kappa shape index (κ3) is 3.01. The van der Waals surface area contributed by atoms with E-state index >= 15 is 0 Å². The SMILES string of the molecule is Cc1cccc(C)c1CSC(C)(C)C(=O)O. The first-order valence-corrected chi connectivity index (χ1v) is 6.25. The zero-order valence-corrected chi connectivity index (χ0v) is 11.0. The van der Waals surface area contributed by atoms with Crippen molar-refractivity contribution in [1.82, 2.24) is 0 Å². The number of carboxylic acid groups (broad SMARTS) is 1. The molecule has 0 fully saturated rings. The molecule has 0 bridgehead atoms. The molecule has 16 heavy (non-hydrogen) atoms. The van der Waals surface area contributed by atoms with Gasteiger partial charge in [-0.1, -0.05) is 18.2 Å². The fraction of sp³-hybridized carbons (Fsp3) is 0.462. The van der Waals surface area contributed by atoms with Crippen molar-refractivity contribution in [2.75, 3.05) is 0 Å². The van der Waals surface area contributed by atoms with E-state index in [9.17, 15) is 4.79 Å². The smallest absolute Gasteiger partial charge is 0.319 e. The summed E-state index contributed by atoms with van der Waals surface area (Å²) in [5.74, 6) is -0.0126. The largest absolute Gasteiger partial charge is 0.480 e. The number of aliphatic carboxylic acids is 1.